The summed E-state index contributed by atoms with van der Waals surface area (Å²) in [4.78, 5) is 2.52. The van der Waals surface area contributed by atoms with Crippen LogP contribution in [0.1, 0.15) is 111 Å². The van der Waals surface area contributed by atoms with Gasteiger partial charge >= 0.3 is 0 Å². The number of para-hydroxylation sites is 6. The van der Waals surface area contributed by atoms with Gasteiger partial charge in [-0.15, -0.1) is 0 Å². The third-order valence-electron chi connectivity index (χ3n) is 22.1. The molecule has 1 fully saturated rings. The Hall–Kier alpha value is -11.1. The van der Waals surface area contributed by atoms with Gasteiger partial charge in [0, 0.05) is 101 Å². The van der Waals surface area contributed by atoms with E-state index in [1.165, 1.54) is 111 Å². The molecule has 7 aliphatic rings. The molecule has 1 saturated carbocycles. The summed E-state index contributed by atoms with van der Waals surface area (Å²) in [5.74, 6) is 2.95. The van der Waals surface area contributed by atoms with Crippen LogP contribution in [-0.2, 0) is 0 Å². The summed E-state index contributed by atoms with van der Waals surface area (Å²) in [5.41, 5.74) is 32.4. The average molecular weight is 1180 g/mol. The molecule has 15 aromatic rings. The maximum Gasteiger partial charge on any atom is 0.159 e. The van der Waals surface area contributed by atoms with E-state index in [0.717, 1.165) is 103 Å². The standard InChI is InChI=1S/C87H55NO4/c1-3-17-47(18-4-1)49-33-35-51(36-34-49)73(60-27-15-25-55-53-21-7-11-29-69(53)89-84(55)60)59-41-42-61-76-74(59)63-45-66-64(46-65(63)78(76)80-57-23-9-13-31-71(57)91-86(61)80)75-67(44-43-62-77(75)82-79(66)83(82)81-58-24-10-14-32-72(58)92-87(62)81)88(52-39-37-50(38-40-52)48-19-5-2-6-20-48)68-28-16-26-56-54-22-8-12-30-70(54)90-85(56)68/h1-19,21-40,43-46,48,73,78-79,82-83H,20,41-42H2/t48?,73?,78-,79?,82?,83?/m0/s1. The van der Waals surface area contributed by atoms with Gasteiger partial charge in [0.2, 0.25) is 0 Å². The first kappa shape index (κ1) is 49.7. The normalized spacial score (nSPS) is 19.5. The van der Waals surface area contributed by atoms with Crippen LogP contribution in [0.5, 0.6) is 0 Å². The van der Waals surface area contributed by atoms with Crippen molar-refractivity contribution in [3.63, 3.8) is 0 Å². The molecular weight excluding hydrogens is 1120 g/mol. The van der Waals surface area contributed by atoms with Crippen LogP contribution in [0, 0.1) is 0 Å². The molecule has 6 atom stereocenters. The van der Waals surface area contributed by atoms with Gasteiger partial charge in [-0.2, -0.15) is 0 Å². The highest BCUT2D eigenvalue weighted by Gasteiger charge is 2.63. The SMILES string of the molecule is C1=CCC(c2ccc(N(c3ccc4c5c3-c3cc6c(cc3C3C5C3c3c-4oc4ccccc34)C3=C(C(c4ccc(-c5ccccc5)cc4)c4cccc5c4oc4ccccc45)CCC4=C3[C@H]6c3c4oc4ccccc34)c3cccc4c3oc3ccccc34)cc2)C=C1. The van der Waals surface area contributed by atoms with E-state index in [0.29, 0.717) is 5.92 Å². The molecule has 0 N–H and O–H groups in total. The minimum Gasteiger partial charge on any atom is -0.456 e. The summed E-state index contributed by atoms with van der Waals surface area (Å²) in [6, 6.07) is 87.9. The van der Waals surface area contributed by atoms with Gasteiger partial charge in [-0.25, -0.2) is 0 Å². The van der Waals surface area contributed by atoms with Crippen molar-refractivity contribution in [3.8, 4) is 33.6 Å². The zero-order chi connectivity index (χ0) is 59.6. The molecule has 4 aromatic heterocycles. The molecule has 7 aliphatic carbocycles. The topological polar surface area (TPSA) is 55.8 Å². The fourth-order valence-corrected chi connectivity index (χ4v) is 18.3. The summed E-state index contributed by atoms with van der Waals surface area (Å²) in [5, 5.41) is 6.91. The molecule has 22 rings (SSSR count). The molecule has 92 heavy (non-hydrogen) atoms. The lowest BCUT2D eigenvalue weighted by Gasteiger charge is -2.33. The number of fused-ring (bicyclic) bond motifs is 23. The van der Waals surface area contributed by atoms with Crippen molar-refractivity contribution < 1.29 is 17.7 Å². The molecule has 0 radical (unpaired) electrons. The molecule has 4 heterocycles. The number of benzene rings is 11. The second-order valence-corrected chi connectivity index (χ2v) is 26.5. The van der Waals surface area contributed by atoms with Crippen LogP contribution < -0.4 is 4.90 Å². The fourth-order valence-electron chi connectivity index (χ4n) is 18.3. The quantitative estimate of drug-likeness (QED) is 0.152. The molecule has 0 aliphatic heterocycles. The van der Waals surface area contributed by atoms with Gasteiger partial charge < -0.3 is 22.6 Å². The maximum atomic E-state index is 7.18. The van der Waals surface area contributed by atoms with E-state index >= 15 is 0 Å². The molecule has 5 heteroatoms. The van der Waals surface area contributed by atoms with Crippen molar-refractivity contribution in [2.24, 2.45) is 0 Å². The summed E-state index contributed by atoms with van der Waals surface area (Å²) in [6.07, 6.45) is 11.7. The van der Waals surface area contributed by atoms with E-state index in [1.54, 1.807) is 0 Å². The largest absolute Gasteiger partial charge is 0.456 e. The highest BCUT2D eigenvalue weighted by atomic mass is 16.3. The monoisotopic (exact) mass is 1180 g/mol. The summed E-state index contributed by atoms with van der Waals surface area (Å²) in [7, 11) is 0. The smallest absolute Gasteiger partial charge is 0.159 e. The average Bonchev–Trinajstić information content (AvgIpc) is 1.48. The zero-order valence-electron chi connectivity index (χ0n) is 50.0. The van der Waals surface area contributed by atoms with E-state index in [2.05, 4.69) is 266 Å². The van der Waals surface area contributed by atoms with Crippen LogP contribution in [0.3, 0.4) is 0 Å². The van der Waals surface area contributed by atoms with Crippen LogP contribution >= 0.6 is 0 Å². The van der Waals surface area contributed by atoms with Crippen molar-refractivity contribution in [3.05, 3.63) is 328 Å². The van der Waals surface area contributed by atoms with Crippen LogP contribution in [0.25, 0.3) is 111 Å². The molecule has 0 amide bonds. The number of hydrogen-bond donors (Lipinski definition) is 0. The lowest BCUT2D eigenvalue weighted by molar-refractivity contribution is 0.593. The molecule has 432 valence electrons. The Morgan fingerprint density at radius 1 is 0.424 bits per heavy atom. The fraction of sp³-hybridized carbons (Fsp3) is 0.103. The van der Waals surface area contributed by atoms with Gasteiger partial charge in [0.15, 0.2) is 5.58 Å². The molecular formula is C87H55NO4. The molecule has 0 bridgehead atoms. The second-order valence-electron chi connectivity index (χ2n) is 26.5. The Kier molecular flexibility index (Phi) is 9.87. The lowest BCUT2D eigenvalue weighted by Crippen LogP contribution is -2.15. The van der Waals surface area contributed by atoms with Crippen molar-refractivity contribution in [2.75, 3.05) is 4.90 Å². The molecule has 0 saturated heterocycles. The number of rotatable bonds is 8. The van der Waals surface area contributed by atoms with Gasteiger partial charge in [0.25, 0.3) is 0 Å². The summed E-state index contributed by atoms with van der Waals surface area (Å²) < 4.78 is 28.5. The molecule has 5 unspecified atom stereocenters. The Bertz CT molecular complexity index is 5890. The Balaban J connectivity index is 0.832. The van der Waals surface area contributed by atoms with E-state index in [4.69, 9.17) is 17.7 Å². The Labute approximate surface area is 529 Å². The number of allylic oxidation sites excluding steroid dienone is 8. The third kappa shape index (κ3) is 6.61. The van der Waals surface area contributed by atoms with Crippen molar-refractivity contribution in [1.82, 2.24) is 0 Å². The van der Waals surface area contributed by atoms with Gasteiger partial charge in [-0.05, 0) is 159 Å². The van der Waals surface area contributed by atoms with Crippen molar-refractivity contribution >= 4 is 94.0 Å². The van der Waals surface area contributed by atoms with Crippen LogP contribution in [-0.4, -0.2) is 0 Å². The highest BCUT2D eigenvalue weighted by molar-refractivity contribution is 6.14. The zero-order valence-corrected chi connectivity index (χ0v) is 50.0. The van der Waals surface area contributed by atoms with Gasteiger partial charge in [0.05, 0.1) is 11.4 Å². The van der Waals surface area contributed by atoms with E-state index in [-0.39, 0.29) is 29.6 Å². The van der Waals surface area contributed by atoms with Crippen LogP contribution in [0.15, 0.2) is 290 Å². The van der Waals surface area contributed by atoms with E-state index < -0.39 is 0 Å². The van der Waals surface area contributed by atoms with Crippen molar-refractivity contribution in [2.45, 2.75) is 54.8 Å². The van der Waals surface area contributed by atoms with Gasteiger partial charge in [0.1, 0.15) is 39.4 Å². The number of hydrogen-bond acceptors (Lipinski definition) is 5. The molecule has 0 spiro atoms. The van der Waals surface area contributed by atoms with Crippen LogP contribution in [0.2, 0.25) is 0 Å². The summed E-state index contributed by atoms with van der Waals surface area (Å²) >= 11 is 0. The Morgan fingerprint density at radius 2 is 1.05 bits per heavy atom. The predicted octanol–water partition coefficient (Wildman–Crippen LogP) is 23.6. The maximum absolute atomic E-state index is 7.18. The van der Waals surface area contributed by atoms with E-state index in [1.807, 2.05) is 0 Å². The Morgan fingerprint density at radius 3 is 1.80 bits per heavy atom. The van der Waals surface area contributed by atoms with E-state index in [9.17, 15) is 0 Å². The van der Waals surface area contributed by atoms with Crippen molar-refractivity contribution in [1.29, 1.82) is 0 Å². The molecule has 11 aromatic carbocycles. The second kappa shape index (κ2) is 18.3. The first-order valence-electron chi connectivity index (χ1n) is 32.7. The number of nitrogens with zero attached hydrogens (tertiary/aromatic N) is 1. The third-order valence-corrected chi connectivity index (χ3v) is 22.1. The number of furan rings is 4. The van der Waals surface area contributed by atoms with Gasteiger partial charge in [-0.3, -0.25) is 0 Å². The highest BCUT2D eigenvalue weighted by Crippen LogP contribution is 2.78. The molecule has 5 nitrogen and oxygen atoms in total. The lowest BCUT2D eigenvalue weighted by atomic mass is 9.74. The van der Waals surface area contributed by atoms with Crippen LogP contribution in [0.4, 0.5) is 17.1 Å². The first-order valence-corrected chi connectivity index (χ1v) is 32.7. The predicted molar refractivity (Wildman–Crippen MR) is 371 cm³/mol. The minimum absolute atomic E-state index is 0.0414. The van der Waals surface area contributed by atoms with Gasteiger partial charge in [-0.1, -0.05) is 194 Å². The minimum atomic E-state index is -0.121. The first-order chi connectivity index (χ1) is 45.7. The number of anilines is 3. The summed E-state index contributed by atoms with van der Waals surface area (Å²) in [6.45, 7) is 0.